The van der Waals surface area contributed by atoms with Crippen LogP contribution < -0.4 is 5.32 Å². The zero-order valence-corrected chi connectivity index (χ0v) is 16.8. The van der Waals surface area contributed by atoms with E-state index >= 15 is 0 Å². The van der Waals surface area contributed by atoms with Crippen LogP contribution in [0.1, 0.15) is 60.8 Å². The van der Waals surface area contributed by atoms with E-state index in [2.05, 4.69) is 26.1 Å². The van der Waals surface area contributed by atoms with Gasteiger partial charge in [0.15, 0.2) is 0 Å². The van der Waals surface area contributed by atoms with Gasteiger partial charge in [0.1, 0.15) is 0 Å². The van der Waals surface area contributed by atoms with E-state index in [1.807, 2.05) is 30.6 Å². The average Bonchev–Trinajstić information content (AvgIpc) is 2.87. The molecule has 0 aromatic heterocycles. The first kappa shape index (κ1) is 18.5. The molecule has 3 rings (SSSR count). The highest BCUT2D eigenvalue weighted by molar-refractivity contribution is 5.82. The number of nitrogens with one attached hydrogen (secondary N) is 1. The topological polar surface area (TPSA) is 52.7 Å². The van der Waals surface area contributed by atoms with Crippen LogP contribution in [0.5, 0.6) is 0 Å². The van der Waals surface area contributed by atoms with E-state index in [4.69, 9.17) is 0 Å². The van der Waals surface area contributed by atoms with Crippen molar-refractivity contribution in [2.45, 2.75) is 66.8 Å². The molecule has 25 heavy (non-hydrogen) atoms. The van der Waals surface area contributed by atoms with E-state index in [-0.39, 0.29) is 28.8 Å². The lowest BCUT2D eigenvalue weighted by atomic mass is 9.69. The molecule has 1 N–H and O–H groups in total. The summed E-state index contributed by atoms with van der Waals surface area (Å²) >= 11 is 0. The summed E-state index contributed by atoms with van der Waals surface area (Å²) in [6.07, 6.45) is 3.62. The van der Waals surface area contributed by atoms with Crippen LogP contribution in [0.3, 0.4) is 0 Å². The number of amides is 3. The summed E-state index contributed by atoms with van der Waals surface area (Å²) in [6.45, 7) is 15.5. The molecule has 2 saturated carbocycles. The maximum Gasteiger partial charge on any atom is 0.317 e. The molecule has 142 valence electrons. The average molecular weight is 350 g/mol. The van der Waals surface area contributed by atoms with Gasteiger partial charge in [0, 0.05) is 37.6 Å². The second-order valence-corrected chi connectivity index (χ2v) is 10.1. The van der Waals surface area contributed by atoms with Crippen LogP contribution >= 0.6 is 0 Å². The predicted molar refractivity (Wildman–Crippen MR) is 99.2 cm³/mol. The molecule has 3 atom stereocenters. The minimum atomic E-state index is -0.353. The Labute approximate surface area is 152 Å². The lowest BCUT2D eigenvalue weighted by Gasteiger charge is -2.41. The van der Waals surface area contributed by atoms with Crippen molar-refractivity contribution in [1.82, 2.24) is 15.1 Å². The van der Waals surface area contributed by atoms with Crippen LogP contribution in [0.4, 0.5) is 4.79 Å². The molecule has 5 heteroatoms. The van der Waals surface area contributed by atoms with Crippen LogP contribution in [0.15, 0.2) is 0 Å². The van der Waals surface area contributed by atoms with Gasteiger partial charge in [0.25, 0.3) is 0 Å². The van der Waals surface area contributed by atoms with Crippen molar-refractivity contribution in [3.05, 3.63) is 0 Å². The molecular weight excluding hydrogens is 314 g/mol. The number of fused-ring (bicyclic) bond motifs is 2. The van der Waals surface area contributed by atoms with Crippen LogP contribution in [0.25, 0.3) is 0 Å². The molecule has 0 aromatic rings. The molecule has 1 saturated heterocycles. The van der Waals surface area contributed by atoms with E-state index in [0.717, 1.165) is 12.3 Å². The zero-order valence-electron chi connectivity index (χ0n) is 16.8. The molecule has 3 fully saturated rings. The fourth-order valence-corrected chi connectivity index (χ4v) is 5.25. The maximum absolute atomic E-state index is 12.8. The van der Waals surface area contributed by atoms with Gasteiger partial charge >= 0.3 is 6.03 Å². The van der Waals surface area contributed by atoms with Crippen molar-refractivity contribution in [2.24, 2.45) is 22.2 Å². The Balaban J connectivity index is 1.55. The van der Waals surface area contributed by atoms with Crippen LogP contribution in [0, 0.1) is 22.2 Å². The van der Waals surface area contributed by atoms with Crippen LogP contribution in [-0.2, 0) is 4.79 Å². The molecular formula is C20H35N3O2. The molecule has 0 aromatic carbocycles. The summed E-state index contributed by atoms with van der Waals surface area (Å²) in [5, 5.41) is 3.33. The van der Waals surface area contributed by atoms with Crippen LogP contribution in [0.2, 0.25) is 0 Å². The lowest BCUT2D eigenvalue weighted by molar-refractivity contribution is -0.140. The highest BCUT2D eigenvalue weighted by Crippen LogP contribution is 2.65. The molecule has 1 heterocycles. The first-order valence-electron chi connectivity index (χ1n) is 9.81. The van der Waals surface area contributed by atoms with Gasteiger partial charge in [-0.05, 0) is 36.0 Å². The Morgan fingerprint density at radius 2 is 1.56 bits per heavy atom. The van der Waals surface area contributed by atoms with Gasteiger partial charge in [-0.1, -0.05) is 41.5 Å². The predicted octanol–water partition coefficient (Wildman–Crippen LogP) is 3.10. The zero-order chi connectivity index (χ0) is 18.6. The number of hydrogen-bond acceptors (Lipinski definition) is 2. The molecule has 3 amide bonds. The SMILES string of the molecule is CC(C)(C)C(=O)N1CCN(C(=O)N[C@H]2C[C@H]3CC[C@@]2(C)C3(C)C)CC1. The Hall–Kier alpha value is -1.26. The highest BCUT2D eigenvalue weighted by Gasteiger charge is 2.61. The minimum absolute atomic E-state index is 0.0532. The highest BCUT2D eigenvalue weighted by atomic mass is 16.2. The van der Waals surface area contributed by atoms with Crippen molar-refractivity contribution < 1.29 is 9.59 Å². The molecule has 3 aliphatic rings. The molecule has 0 radical (unpaired) electrons. The number of piperazine rings is 1. The molecule has 1 aliphatic heterocycles. The second kappa shape index (κ2) is 5.88. The first-order valence-corrected chi connectivity index (χ1v) is 9.81. The van der Waals surface area contributed by atoms with Gasteiger partial charge in [-0.2, -0.15) is 0 Å². The quantitative estimate of drug-likeness (QED) is 0.791. The summed E-state index contributed by atoms with van der Waals surface area (Å²) in [7, 11) is 0. The van der Waals surface area contributed by atoms with Crippen molar-refractivity contribution in [3.8, 4) is 0 Å². The minimum Gasteiger partial charge on any atom is -0.339 e. The van der Waals surface area contributed by atoms with Gasteiger partial charge in [-0.25, -0.2) is 4.79 Å². The smallest absolute Gasteiger partial charge is 0.317 e. The van der Waals surface area contributed by atoms with Crippen LogP contribution in [-0.4, -0.2) is 54.0 Å². The lowest BCUT2D eigenvalue weighted by Crippen LogP contribution is -2.57. The Bertz CT molecular complexity index is 558. The van der Waals surface area contributed by atoms with E-state index in [9.17, 15) is 9.59 Å². The summed E-state index contributed by atoms with van der Waals surface area (Å²) < 4.78 is 0. The Morgan fingerprint density at radius 1 is 1.00 bits per heavy atom. The third kappa shape index (κ3) is 2.93. The number of hydrogen-bond donors (Lipinski definition) is 1. The number of carbonyl (C=O) groups is 2. The van der Waals surface area contributed by atoms with Gasteiger partial charge in [-0.3, -0.25) is 4.79 Å². The normalized spacial score (nSPS) is 34.3. The van der Waals surface area contributed by atoms with Crippen molar-refractivity contribution in [2.75, 3.05) is 26.2 Å². The van der Waals surface area contributed by atoms with Crippen molar-refractivity contribution in [1.29, 1.82) is 0 Å². The summed E-state index contributed by atoms with van der Waals surface area (Å²) in [5.41, 5.74) is 0.161. The third-order valence-corrected chi connectivity index (χ3v) is 7.59. The first-order chi connectivity index (χ1) is 11.5. The number of nitrogens with zero attached hydrogens (tertiary/aromatic N) is 2. The van der Waals surface area contributed by atoms with E-state index in [0.29, 0.717) is 31.6 Å². The van der Waals surface area contributed by atoms with Gasteiger partial charge in [-0.15, -0.1) is 0 Å². The number of rotatable bonds is 1. The second-order valence-electron chi connectivity index (χ2n) is 10.1. The Morgan fingerprint density at radius 3 is 2.00 bits per heavy atom. The fraction of sp³-hybridized carbons (Fsp3) is 0.900. The van der Waals surface area contributed by atoms with Gasteiger partial charge < -0.3 is 15.1 Å². The molecule has 2 aliphatic carbocycles. The standard InChI is InChI=1S/C20H35N3O2/c1-18(2,3)16(24)22-9-11-23(12-10-22)17(25)21-15-13-14-7-8-20(15,6)19(14,4)5/h14-15H,7-13H2,1-6H3,(H,21,25)/t14-,15+,20-/m1/s1. The summed E-state index contributed by atoms with van der Waals surface area (Å²) in [4.78, 5) is 28.9. The van der Waals surface area contributed by atoms with Gasteiger partial charge in [0.05, 0.1) is 0 Å². The number of carbonyl (C=O) groups excluding carboxylic acids is 2. The maximum atomic E-state index is 12.8. The Kier molecular flexibility index (Phi) is 4.36. The molecule has 0 unspecified atom stereocenters. The number of urea groups is 1. The van der Waals surface area contributed by atoms with Gasteiger partial charge in [0.2, 0.25) is 5.91 Å². The van der Waals surface area contributed by atoms with Crippen molar-refractivity contribution >= 4 is 11.9 Å². The molecule has 0 spiro atoms. The largest absolute Gasteiger partial charge is 0.339 e. The van der Waals surface area contributed by atoms with E-state index in [1.165, 1.54) is 12.8 Å². The van der Waals surface area contributed by atoms with E-state index in [1.54, 1.807) is 0 Å². The third-order valence-electron chi connectivity index (χ3n) is 7.59. The van der Waals surface area contributed by atoms with E-state index < -0.39 is 0 Å². The fourth-order valence-electron chi connectivity index (χ4n) is 5.25. The molecule has 2 bridgehead atoms. The monoisotopic (exact) mass is 349 g/mol. The summed E-state index contributed by atoms with van der Waals surface area (Å²) in [5.74, 6) is 0.902. The summed E-state index contributed by atoms with van der Waals surface area (Å²) in [6, 6.07) is 0.334. The van der Waals surface area contributed by atoms with Crippen molar-refractivity contribution in [3.63, 3.8) is 0 Å². The molecule has 5 nitrogen and oxygen atoms in total.